The van der Waals surface area contributed by atoms with E-state index in [1.807, 2.05) is 38.1 Å². The molecule has 0 atom stereocenters. The molecule has 0 unspecified atom stereocenters. The molecule has 0 saturated carbocycles. The van der Waals surface area contributed by atoms with E-state index in [0.717, 1.165) is 15.9 Å². The van der Waals surface area contributed by atoms with Crippen LogP contribution in [0.5, 0.6) is 0 Å². The summed E-state index contributed by atoms with van der Waals surface area (Å²) >= 11 is 1.37. The summed E-state index contributed by atoms with van der Waals surface area (Å²) in [7, 11) is 0. The number of thioether (sulfide) groups is 1. The molecule has 122 valence electrons. The van der Waals surface area contributed by atoms with Gasteiger partial charge in [-0.1, -0.05) is 30.0 Å². The van der Waals surface area contributed by atoms with Gasteiger partial charge in [-0.25, -0.2) is 9.97 Å². The van der Waals surface area contributed by atoms with Gasteiger partial charge in [-0.3, -0.25) is 9.59 Å². The van der Waals surface area contributed by atoms with Crippen LogP contribution >= 0.6 is 11.8 Å². The van der Waals surface area contributed by atoms with Crippen molar-refractivity contribution in [3.63, 3.8) is 0 Å². The van der Waals surface area contributed by atoms with Crippen molar-refractivity contribution in [2.45, 2.75) is 18.9 Å². The van der Waals surface area contributed by atoms with E-state index < -0.39 is 0 Å². The summed E-state index contributed by atoms with van der Waals surface area (Å²) in [5.41, 5.74) is 0.854. The van der Waals surface area contributed by atoms with Crippen LogP contribution in [-0.4, -0.2) is 52.1 Å². The largest absolute Gasteiger partial charge is 0.355 e. The van der Waals surface area contributed by atoms with Crippen LogP contribution in [0.4, 0.5) is 0 Å². The molecule has 0 radical (unpaired) electrons. The molecule has 1 aromatic heterocycles. The SMILES string of the molecule is CCNC(=O)CN(CC)C(=O)CSc1ncnc2ccccc12. The van der Waals surface area contributed by atoms with Crippen LogP contribution in [0.25, 0.3) is 10.9 Å². The molecule has 0 aliphatic carbocycles. The molecule has 0 spiro atoms. The number of aromatic nitrogens is 2. The fourth-order valence-electron chi connectivity index (χ4n) is 2.12. The van der Waals surface area contributed by atoms with Crippen molar-refractivity contribution >= 4 is 34.5 Å². The lowest BCUT2D eigenvalue weighted by Crippen LogP contribution is -2.41. The van der Waals surface area contributed by atoms with Gasteiger partial charge in [0.1, 0.15) is 11.4 Å². The Balaban J connectivity index is 2.00. The first-order chi connectivity index (χ1) is 11.2. The standard InChI is InChI=1S/C16H20N4O2S/c1-3-17-14(21)9-20(4-2)15(22)10-23-16-12-7-5-6-8-13(12)18-11-19-16/h5-8,11H,3-4,9-10H2,1-2H3,(H,17,21). The first-order valence-electron chi connectivity index (χ1n) is 7.52. The Bertz CT molecular complexity index is 687. The smallest absolute Gasteiger partial charge is 0.239 e. The Kier molecular flexibility index (Phi) is 6.34. The van der Waals surface area contributed by atoms with E-state index in [1.54, 1.807) is 4.90 Å². The number of likely N-dealkylation sites (N-methyl/N-ethyl adjacent to an activating group) is 2. The van der Waals surface area contributed by atoms with E-state index in [-0.39, 0.29) is 24.1 Å². The maximum Gasteiger partial charge on any atom is 0.239 e. The normalized spacial score (nSPS) is 10.5. The second-order valence-corrected chi connectivity index (χ2v) is 5.81. The zero-order valence-corrected chi connectivity index (χ0v) is 14.1. The van der Waals surface area contributed by atoms with Crippen LogP contribution in [0.2, 0.25) is 0 Å². The summed E-state index contributed by atoms with van der Waals surface area (Å²) in [5, 5.41) is 4.41. The zero-order chi connectivity index (χ0) is 16.7. The van der Waals surface area contributed by atoms with Gasteiger partial charge in [0.15, 0.2) is 0 Å². The fourth-order valence-corrected chi connectivity index (χ4v) is 3.01. The van der Waals surface area contributed by atoms with Gasteiger partial charge in [-0.2, -0.15) is 0 Å². The molecule has 2 amide bonds. The molecule has 0 saturated heterocycles. The van der Waals surface area contributed by atoms with Gasteiger partial charge >= 0.3 is 0 Å². The number of benzene rings is 1. The van der Waals surface area contributed by atoms with Crippen molar-refractivity contribution in [2.24, 2.45) is 0 Å². The summed E-state index contributed by atoms with van der Waals surface area (Å²) in [6.45, 7) is 4.87. The molecule has 2 aromatic rings. The summed E-state index contributed by atoms with van der Waals surface area (Å²) < 4.78 is 0. The first-order valence-corrected chi connectivity index (χ1v) is 8.51. The molecular formula is C16H20N4O2S. The third-order valence-electron chi connectivity index (χ3n) is 3.28. The van der Waals surface area contributed by atoms with E-state index in [9.17, 15) is 9.59 Å². The van der Waals surface area contributed by atoms with Crippen molar-refractivity contribution in [3.8, 4) is 0 Å². The minimum absolute atomic E-state index is 0.0774. The van der Waals surface area contributed by atoms with Crippen LogP contribution < -0.4 is 5.32 Å². The predicted octanol–water partition coefficient (Wildman–Crippen LogP) is 1.71. The van der Waals surface area contributed by atoms with Gasteiger partial charge < -0.3 is 10.2 Å². The number of hydrogen-bond acceptors (Lipinski definition) is 5. The highest BCUT2D eigenvalue weighted by Gasteiger charge is 2.16. The number of nitrogens with zero attached hydrogens (tertiary/aromatic N) is 3. The molecule has 6 nitrogen and oxygen atoms in total. The monoisotopic (exact) mass is 332 g/mol. The Morgan fingerprint density at radius 1 is 1.22 bits per heavy atom. The molecule has 2 rings (SSSR count). The highest BCUT2D eigenvalue weighted by atomic mass is 32.2. The molecule has 0 bridgehead atoms. The number of nitrogens with one attached hydrogen (secondary N) is 1. The van der Waals surface area contributed by atoms with E-state index in [1.165, 1.54) is 18.1 Å². The molecule has 0 aliphatic rings. The van der Waals surface area contributed by atoms with E-state index in [2.05, 4.69) is 15.3 Å². The summed E-state index contributed by atoms with van der Waals surface area (Å²) in [6.07, 6.45) is 1.50. The van der Waals surface area contributed by atoms with Gasteiger partial charge in [0.05, 0.1) is 17.8 Å². The number of fused-ring (bicyclic) bond motifs is 1. The molecule has 23 heavy (non-hydrogen) atoms. The lowest BCUT2D eigenvalue weighted by atomic mass is 10.2. The van der Waals surface area contributed by atoms with Gasteiger partial charge in [0, 0.05) is 18.5 Å². The first kappa shape index (κ1) is 17.2. The summed E-state index contributed by atoms with van der Waals surface area (Å²) in [5.74, 6) is 0.0282. The average molecular weight is 332 g/mol. The third kappa shape index (κ3) is 4.66. The summed E-state index contributed by atoms with van der Waals surface area (Å²) in [4.78, 5) is 33.9. The summed E-state index contributed by atoms with van der Waals surface area (Å²) in [6, 6.07) is 7.69. The molecular weight excluding hydrogens is 312 g/mol. The minimum atomic E-state index is -0.139. The maximum atomic E-state index is 12.3. The average Bonchev–Trinajstić information content (AvgIpc) is 2.57. The van der Waals surface area contributed by atoms with Crippen molar-refractivity contribution in [1.82, 2.24) is 20.2 Å². The number of carbonyl (C=O) groups excluding carboxylic acids is 2. The van der Waals surface area contributed by atoms with E-state index >= 15 is 0 Å². The van der Waals surface area contributed by atoms with E-state index in [0.29, 0.717) is 13.1 Å². The number of carbonyl (C=O) groups is 2. The Labute approximate surface area is 139 Å². The molecule has 1 aromatic carbocycles. The number of para-hydroxylation sites is 1. The molecule has 1 heterocycles. The van der Waals surface area contributed by atoms with Crippen molar-refractivity contribution in [3.05, 3.63) is 30.6 Å². The molecule has 7 heteroatoms. The Morgan fingerprint density at radius 3 is 2.74 bits per heavy atom. The van der Waals surface area contributed by atoms with Crippen LogP contribution in [-0.2, 0) is 9.59 Å². The Hall–Kier alpha value is -2.15. The van der Waals surface area contributed by atoms with Gasteiger partial charge in [0.25, 0.3) is 0 Å². The van der Waals surface area contributed by atoms with Crippen LogP contribution in [0.3, 0.4) is 0 Å². The van der Waals surface area contributed by atoms with E-state index in [4.69, 9.17) is 0 Å². The minimum Gasteiger partial charge on any atom is -0.355 e. The number of hydrogen-bond donors (Lipinski definition) is 1. The van der Waals surface area contributed by atoms with Gasteiger partial charge in [-0.05, 0) is 19.9 Å². The van der Waals surface area contributed by atoms with Crippen molar-refractivity contribution in [1.29, 1.82) is 0 Å². The van der Waals surface area contributed by atoms with Gasteiger partial charge in [0.2, 0.25) is 11.8 Å². The maximum absolute atomic E-state index is 12.3. The van der Waals surface area contributed by atoms with Crippen LogP contribution in [0.15, 0.2) is 35.6 Å². The van der Waals surface area contributed by atoms with Crippen LogP contribution in [0, 0.1) is 0 Å². The van der Waals surface area contributed by atoms with Gasteiger partial charge in [-0.15, -0.1) is 0 Å². The second-order valence-electron chi connectivity index (χ2n) is 4.85. The zero-order valence-electron chi connectivity index (χ0n) is 13.3. The number of amides is 2. The molecule has 0 aliphatic heterocycles. The van der Waals surface area contributed by atoms with Crippen molar-refractivity contribution in [2.75, 3.05) is 25.4 Å². The lowest BCUT2D eigenvalue weighted by molar-refractivity contribution is -0.133. The van der Waals surface area contributed by atoms with Crippen LogP contribution in [0.1, 0.15) is 13.8 Å². The highest BCUT2D eigenvalue weighted by Crippen LogP contribution is 2.24. The fraction of sp³-hybridized carbons (Fsp3) is 0.375. The molecule has 0 fully saturated rings. The second kappa shape index (κ2) is 8.47. The lowest BCUT2D eigenvalue weighted by Gasteiger charge is -2.20. The predicted molar refractivity (Wildman–Crippen MR) is 91.2 cm³/mol. The Morgan fingerprint density at radius 2 is 2.00 bits per heavy atom. The van der Waals surface area contributed by atoms with Crippen molar-refractivity contribution < 1.29 is 9.59 Å². The quantitative estimate of drug-likeness (QED) is 0.617. The topological polar surface area (TPSA) is 75.2 Å². The molecule has 1 N–H and O–H groups in total. The highest BCUT2D eigenvalue weighted by molar-refractivity contribution is 8.00. The number of rotatable bonds is 7. The third-order valence-corrected chi connectivity index (χ3v) is 4.27.